The number of ether oxygens (including phenoxy) is 3. The van der Waals surface area contributed by atoms with Crippen molar-refractivity contribution in [2.24, 2.45) is 0 Å². The van der Waals surface area contributed by atoms with E-state index in [9.17, 15) is 4.79 Å². The van der Waals surface area contributed by atoms with Crippen molar-refractivity contribution in [2.45, 2.75) is 44.4 Å². The summed E-state index contributed by atoms with van der Waals surface area (Å²) < 4.78 is 16.9. The predicted octanol–water partition coefficient (Wildman–Crippen LogP) is 2.60. The van der Waals surface area contributed by atoms with Crippen LogP contribution in [-0.2, 0) is 14.3 Å². The number of nitrogens with zero attached hydrogens (tertiary/aromatic N) is 1. The zero-order valence-corrected chi connectivity index (χ0v) is 13.5. The van der Waals surface area contributed by atoms with Crippen molar-refractivity contribution < 1.29 is 19.0 Å². The standard InChI is InChI=1S/C18H25NO4/c20-17(10-6-12-21-15-7-2-1-3-8-15)19-11-5-4-9-16(19)18-22-13-14-23-18/h1-3,7-8,16,18H,4-6,9-14H2/t16-/m1/s1. The highest BCUT2D eigenvalue weighted by molar-refractivity contribution is 5.76. The molecule has 2 fully saturated rings. The molecule has 126 valence electrons. The monoisotopic (exact) mass is 319 g/mol. The fourth-order valence-corrected chi connectivity index (χ4v) is 3.22. The maximum Gasteiger partial charge on any atom is 0.223 e. The summed E-state index contributed by atoms with van der Waals surface area (Å²) >= 11 is 0. The van der Waals surface area contributed by atoms with Crippen LogP contribution in [-0.4, -0.2) is 49.5 Å². The third-order valence-electron chi connectivity index (χ3n) is 4.38. The van der Waals surface area contributed by atoms with Crippen LogP contribution in [0.2, 0.25) is 0 Å². The van der Waals surface area contributed by atoms with E-state index in [-0.39, 0.29) is 18.2 Å². The van der Waals surface area contributed by atoms with Crippen molar-refractivity contribution in [3.05, 3.63) is 30.3 Å². The van der Waals surface area contributed by atoms with Gasteiger partial charge in [-0.25, -0.2) is 0 Å². The van der Waals surface area contributed by atoms with E-state index in [1.54, 1.807) is 0 Å². The van der Waals surface area contributed by atoms with Crippen LogP contribution in [0.15, 0.2) is 30.3 Å². The molecule has 2 aliphatic heterocycles. The van der Waals surface area contributed by atoms with E-state index in [2.05, 4.69) is 0 Å². The lowest BCUT2D eigenvalue weighted by molar-refractivity contribution is -0.150. The molecule has 0 aromatic heterocycles. The summed E-state index contributed by atoms with van der Waals surface area (Å²) in [6.07, 6.45) is 4.17. The van der Waals surface area contributed by atoms with Gasteiger partial charge in [0.1, 0.15) is 5.75 Å². The Morgan fingerprint density at radius 2 is 1.96 bits per heavy atom. The first-order valence-electron chi connectivity index (χ1n) is 8.55. The maximum atomic E-state index is 12.5. The molecule has 1 aromatic carbocycles. The number of hydrogen-bond donors (Lipinski definition) is 0. The number of benzene rings is 1. The second kappa shape index (κ2) is 8.31. The quantitative estimate of drug-likeness (QED) is 0.756. The Kier molecular flexibility index (Phi) is 5.88. The van der Waals surface area contributed by atoms with E-state index >= 15 is 0 Å². The topological polar surface area (TPSA) is 48.0 Å². The Balaban J connectivity index is 1.44. The van der Waals surface area contributed by atoms with Gasteiger partial charge in [-0.2, -0.15) is 0 Å². The molecule has 23 heavy (non-hydrogen) atoms. The van der Waals surface area contributed by atoms with Crippen LogP contribution in [0.5, 0.6) is 5.75 Å². The molecule has 0 aliphatic carbocycles. The fourth-order valence-electron chi connectivity index (χ4n) is 3.22. The molecule has 2 heterocycles. The highest BCUT2D eigenvalue weighted by Gasteiger charge is 2.35. The van der Waals surface area contributed by atoms with Gasteiger partial charge in [-0.3, -0.25) is 4.79 Å². The van der Waals surface area contributed by atoms with Crippen molar-refractivity contribution in [3.8, 4) is 5.75 Å². The normalized spacial score (nSPS) is 22.3. The Hall–Kier alpha value is -1.59. The molecule has 2 aliphatic rings. The van der Waals surface area contributed by atoms with E-state index in [0.29, 0.717) is 26.2 Å². The number of amides is 1. The van der Waals surface area contributed by atoms with Gasteiger partial charge in [-0.15, -0.1) is 0 Å². The average molecular weight is 319 g/mol. The molecular formula is C18H25NO4. The van der Waals surface area contributed by atoms with Gasteiger partial charge in [0.25, 0.3) is 0 Å². The summed E-state index contributed by atoms with van der Waals surface area (Å²) in [6, 6.07) is 9.78. The molecule has 0 saturated carbocycles. The number of rotatable bonds is 6. The molecule has 0 spiro atoms. The van der Waals surface area contributed by atoms with Crippen molar-refractivity contribution >= 4 is 5.91 Å². The molecule has 1 atom stereocenters. The van der Waals surface area contributed by atoms with Gasteiger partial charge >= 0.3 is 0 Å². The van der Waals surface area contributed by atoms with Gasteiger partial charge in [0.2, 0.25) is 5.91 Å². The molecule has 1 amide bonds. The summed E-state index contributed by atoms with van der Waals surface area (Å²) in [5.41, 5.74) is 0. The second-order valence-electron chi connectivity index (χ2n) is 6.03. The van der Waals surface area contributed by atoms with E-state index in [0.717, 1.165) is 38.0 Å². The third kappa shape index (κ3) is 4.45. The summed E-state index contributed by atoms with van der Waals surface area (Å²) in [7, 11) is 0. The highest BCUT2D eigenvalue weighted by Crippen LogP contribution is 2.25. The molecule has 2 saturated heterocycles. The van der Waals surface area contributed by atoms with Crippen LogP contribution in [0, 0.1) is 0 Å². The molecular weight excluding hydrogens is 294 g/mol. The Morgan fingerprint density at radius 1 is 1.17 bits per heavy atom. The lowest BCUT2D eigenvalue weighted by Crippen LogP contribution is -2.50. The first-order chi connectivity index (χ1) is 11.3. The van der Waals surface area contributed by atoms with Crippen molar-refractivity contribution in [1.29, 1.82) is 0 Å². The minimum Gasteiger partial charge on any atom is -0.494 e. The molecule has 0 radical (unpaired) electrons. The second-order valence-corrected chi connectivity index (χ2v) is 6.03. The minimum atomic E-state index is -0.236. The molecule has 5 heteroatoms. The summed E-state index contributed by atoms with van der Waals surface area (Å²) in [6.45, 7) is 2.64. The van der Waals surface area contributed by atoms with E-state index < -0.39 is 0 Å². The molecule has 5 nitrogen and oxygen atoms in total. The van der Waals surface area contributed by atoms with Crippen LogP contribution in [0.1, 0.15) is 32.1 Å². The smallest absolute Gasteiger partial charge is 0.223 e. The number of carbonyl (C=O) groups is 1. The fraction of sp³-hybridized carbons (Fsp3) is 0.611. The zero-order chi connectivity index (χ0) is 15.9. The lowest BCUT2D eigenvalue weighted by Gasteiger charge is -2.38. The predicted molar refractivity (Wildman–Crippen MR) is 86.2 cm³/mol. The average Bonchev–Trinajstić information content (AvgIpc) is 3.14. The van der Waals surface area contributed by atoms with E-state index in [1.807, 2.05) is 35.2 Å². The number of hydrogen-bond acceptors (Lipinski definition) is 4. The lowest BCUT2D eigenvalue weighted by atomic mass is 10.0. The van der Waals surface area contributed by atoms with Gasteiger partial charge in [0.05, 0.1) is 25.9 Å². The van der Waals surface area contributed by atoms with Crippen LogP contribution < -0.4 is 4.74 Å². The van der Waals surface area contributed by atoms with Gasteiger partial charge in [-0.1, -0.05) is 18.2 Å². The SMILES string of the molecule is O=C(CCCOc1ccccc1)N1CCCC[C@@H]1C1OCCO1. The molecule has 3 rings (SSSR count). The molecule has 1 aromatic rings. The van der Waals surface area contributed by atoms with Gasteiger partial charge < -0.3 is 19.1 Å². The van der Waals surface area contributed by atoms with E-state index in [1.165, 1.54) is 0 Å². The van der Waals surface area contributed by atoms with Crippen LogP contribution >= 0.6 is 0 Å². The van der Waals surface area contributed by atoms with Crippen molar-refractivity contribution in [1.82, 2.24) is 4.90 Å². The van der Waals surface area contributed by atoms with Crippen molar-refractivity contribution in [2.75, 3.05) is 26.4 Å². The first kappa shape index (κ1) is 16.3. The Bertz CT molecular complexity index is 487. The number of carbonyl (C=O) groups excluding carboxylic acids is 1. The maximum absolute atomic E-state index is 12.5. The van der Waals surface area contributed by atoms with E-state index in [4.69, 9.17) is 14.2 Å². The minimum absolute atomic E-state index is 0.0776. The summed E-state index contributed by atoms with van der Waals surface area (Å²) in [4.78, 5) is 14.5. The van der Waals surface area contributed by atoms with Gasteiger partial charge in [0, 0.05) is 13.0 Å². The van der Waals surface area contributed by atoms with Crippen LogP contribution in [0.3, 0.4) is 0 Å². The van der Waals surface area contributed by atoms with Crippen LogP contribution in [0.4, 0.5) is 0 Å². The molecule has 0 bridgehead atoms. The number of para-hydroxylation sites is 1. The van der Waals surface area contributed by atoms with Gasteiger partial charge in [0.15, 0.2) is 6.29 Å². The first-order valence-corrected chi connectivity index (χ1v) is 8.55. The Morgan fingerprint density at radius 3 is 2.74 bits per heavy atom. The number of likely N-dealkylation sites (tertiary alicyclic amines) is 1. The van der Waals surface area contributed by atoms with Gasteiger partial charge in [-0.05, 0) is 37.8 Å². The van der Waals surface area contributed by atoms with Crippen molar-refractivity contribution in [3.63, 3.8) is 0 Å². The summed E-state index contributed by atoms with van der Waals surface area (Å²) in [5.74, 6) is 1.04. The largest absolute Gasteiger partial charge is 0.494 e. The zero-order valence-electron chi connectivity index (χ0n) is 13.5. The Labute approximate surface area is 137 Å². The summed E-state index contributed by atoms with van der Waals surface area (Å²) in [5, 5.41) is 0. The number of piperidine rings is 1. The molecule has 0 N–H and O–H groups in total. The molecule has 0 unspecified atom stereocenters. The third-order valence-corrected chi connectivity index (χ3v) is 4.38. The van der Waals surface area contributed by atoms with Crippen LogP contribution in [0.25, 0.3) is 0 Å². The highest BCUT2D eigenvalue weighted by atomic mass is 16.7.